The van der Waals surface area contributed by atoms with Gasteiger partial charge < -0.3 is 75.5 Å². The van der Waals surface area contributed by atoms with E-state index in [1.807, 2.05) is 16.2 Å². The summed E-state index contributed by atoms with van der Waals surface area (Å²) in [5.41, 5.74) is 24.4. The summed E-state index contributed by atoms with van der Waals surface area (Å²) in [5, 5.41) is 41.0. The summed E-state index contributed by atoms with van der Waals surface area (Å²) in [6.45, 7) is 30.2. The number of morpholine rings is 2. The molecule has 0 radical (unpaired) electrons. The SMILES string of the molecule is CC(C)[Si](OCC(C=O)OC(C=O)n1cnc2c(N)ncnc21)(C(C)C)C(C)C.CC(C)[Si](OCC1CN(C)CC(n2cnc3c(N)ncnc32)O1)(C(C)C)C(C)C.CNc1ncnc2c1ncn2C1CN(C)CC(CO)O1.Nc1ncnc2c1ncn2[C@@H]1O[C@H](CO)[C@H](O)C1O. The molecule has 11 heterocycles. The van der Waals surface area contributed by atoms with Gasteiger partial charge in [0, 0.05) is 33.2 Å². The molecule has 0 amide bonds. The van der Waals surface area contributed by atoms with Crippen LogP contribution in [0.1, 0.15) is 108 Å². The van der Waals surface area contributed by atoms with E-state index in [4.69, 9.17) is 50.1 Å². The van der Waals surface area contributed by atoms with Crippen LogP contribution < -0.4 is 22.5 Å². The standard InChI is InChI=1S/C20H36N6O2Si.C19H31N5O4Si.C12H18N6O2.C10H13N5O4/c1-13(2)29(14(3)4,15(5)6)27-10-16-8-25(7)9-17(28-16)26-12-24-18-19(21)22-11-23-20(18)26;1-12(2)29(13(3)4,14(5)6)27-9-15(7-25)28-16(8-26)24-11-23-17-18(20)21-10-22-19(17)24;1-13-11-10-12(15-6-14-11)18(7-16-10)9-4-17(2)3-8(5-19)20-9;11-8-5-9(13-2-12-8)15(3-14-5)10-7(18)6(17)4(1-16)19-10/h11-17H,8-10H2,1-7H3,(H2,21,22,23);7-8,10-16H,9H2,1-6H3,(H2,20,21,22);6-9,19H,3-5H2,1-2H3,(H,13,14,15);2-4,6-7,10,16-18H,1H2,(H2,11,12,13)/t;;;4-,6+,7?,10-/m...1/s1. The number of aldehydes is 2. The lowest BCUT2D eigenvalue weighted by atomic mass is 10.1. The quantitative estimate of drug-likeness (QED) is 0.0331. The van der Waals surface area contributed by atoms with Crippen LogP contribution in [0.4, 0.5) is 23.3 Å². The normalized spacial score (nSPS) is 21.9. The number of aliphatic hydroxyl groups excluding tert-OH is 4. The Labute approximate surface area is 565 Å². The Morgan fingerprint density at radius 3 is 1.44 bits per heavy atom. The number of rotatable bonds is 23. The number of aromatic nitrogens is 16. The van der Waals surface area contributed by atoms with Gasteiger partial charge in [0.2, 0.25) is 0 Å². The predicted molar refractivity (Wildman–Crippen MR) is 367 cm³/mol. The summed E-state index contributed by atoms with van der Waals surface area (Å²) in [6, 6.07) is 0. The minimum absolute atomic E-state index is 0.00138. The molecule has 7 unspecified atom stereocenters. The van der Waals surface area contributed by atoms with Crippen LogP contribution in [0.5, 0.6) is 0 Å². The smallest absolute Gasteiger partial charge is 0.200 e. The highest BCUT2D eigenvalue weighted by molar-refractivity contribution is 6.78. The van der Waals surface area contributed by atoms with Crippen LogP contribution in [-0.2, 0) is 37.4 Å². The van der Waals surface area contributed by atoms with E-state index in [1.165, 1.54) is 47.1 Å². The first kappa shape index (κ1) is 75.5. The number of hydrogen-bond acceptors (Lipinski definition) is 30. The predicted octanol–water partition coefficient (Wildman–Crippen LogP) is 4.02. The lowest BCUT2D eigenvalue weighted by molar-refractivity contribution is -0.139. The molecule has 11 N–H and O–H groups in total. The zero-order chi connectivity index (χ0) is 70.8. The van der Waals surface area contributed by atoms with Crippen molar-refractivity contribution in [1.82, 2.24) is 87.9 Å². The van der Waals surface area contributed by atoms with Crippen LogP contribution in [0.25, 0.3) is 44.7 Å². The third kappa shape index (κ3) is 16.2. The molecule has 0 aromatic carbocycles. The maximum Gasteiger partial charge on any atom is 0.200 e. The van der Waals surface area contributed by atoms with Gasteiger partial charge >= 0.3 is 0 Å². The van der Waals surface area contributed by atoms with Crippen molar-refractivity contribution in [3.63, 3.8) is 0 Å². The van der Waals surface area contributed by atoms with Crippen molar-refractivity contribution in [3.05, 3.63) is 50.6 Å². The Hall–Kier alpha value is -7.31. The monoisotopic (exact) mass is 1390 g/mol. The van der Waals surface area contributed by atoms with Crippen molar-refractivity contribution >= 4 is 97.1 Å². The Kier molecular flexibility index (Phi) is 25.7. The van der Waals surface area contributed by atoms with Gasteiger partial charge in [-0.3, -0.25) is 32.9 Å². The summed E-state index contributed by atoms with van der Waals surface area (Å²) in [5.74, 6) is 1.50. The summed E-state index contributed by atoms with van der Waals surface area (Å²) in [4.78, 5) is 77.4. The van der Waals surface area contributed by atoms with Gasteiger partial charge in [0.05, 0.1) is 63.9 Å². The van der Waals surface area contributed by atoms with Crippen LogP contribution >= 0.6 is 0 Å². The molecule has 0 bridgehead atoms. The summed E-state index contributed by atoms with van der Waals surface area (Å²) < 4.78 is 43.4. The number of aliphatic hydroxyl groups is 4. The molecule has 3 saturated heterocycles. The number of fused-ring (bicyclic) bond motifs is 4. The lowest BCUT2D eigenvalue weighted by Crippen LogP contribution is -2.52. The minimum atomic E-state index is -2.17. The molecule has 3 aliphatic heterocycles. The number of anilines is 4. The van der Waals surface area contributed by atoms with E-state index in [2.05, 4.69) is 165 Å². The molecule has 34 nitrogen and oxygen atoms in total. The highest BCUT2D eigenvalue weighted by Gasteiger charge is 2.48. The summed E-state index contributed by atoms with van der Waals surface area (Å²) >= 11 is 0. The van der Waals surface area contributed by atoms with E-state index in [9.17, 15) is 24.9 Å². The largest absolute Gasteiger partial charge is 0.413 e. The first-order valence-corrected chi connectivity index (χ1v) is 36.9. The van der Waals surface area contributed by atoms with Gasteiger partial charge in [0.1, 0.15) is 84.2 Å². The maximum atomic E-state index is 11.7. The van der Waals surface area contributed by atoms with E-state index in [-0.39, 0.29) is 49.5 Å². The molecule has 8 aromatic rings. The Morgan fingerprint density at radius 1 is 0.536 bits per heavy atom. The van der Waals surface area contributed by atoms with Gasteiger partial charge in [-0.2, -0.15) is 0 Å². The number of carbonyl (C=O) groups excluding carboxylic acids is 2. The lowest BCUT2D eigenvalue weighted by Gasteiger charge is -2.44. The number of imidazole rings is 4. The third-order valence-corrected chi connectivity index (χ3v) is 30.5. The second kappa shape index (κ2) is 33.0. The number of carbonyl (C=O) groups is 2. The molecule has 532 valence electrons. The number of nitrogens with one attached hydrogen (secondary N) is 1. The van der Waals surface area contributed by atoms with Gasteiger partial charge in [0.25, 0.3) is 0 Å². The third-order valence-electron chi connectivity index (χ3n) is 18.3. The fraction of sp³-hybridized carbons (Fsp3) is 0.639. The number of hydrogen-bond donors (Lipinski definition) is 8. The van der Waals surface area contributed by atoms with Crippen LogP contribution in [0.3, 0.4) is 0 Å². The second-order valence-corrected chi connectivity index (χ2v) is 37.3. The van der Waals surface area contributed by atoms with Crippen LogP contribution in [0, 0.1) is 0 Å². The zero-order valence-corrected chi connectivity index (χ0v) is 60.0. The van der Waals surface area contributed by atoms with E-state index >= 15 is 0 Å². The fourth-order valence-electron chi connectivity index (χ4n) is 14.0. The first-order chi connectivity index (χ1) is 46.2. The molecular weight excluding hydrogens is 1290 g/mol. The molecule has 0 aliphatic carbocycles. The van der Waals surface area contributed by atoms with E-state index in [0.717, 1.165) is 31.8 Å². The topological polar surface area (TPSA) is 441 Å². The van der Waals surface area contributed by atoms with Gasteiger partial charge in [-0.15, -0.1) is 0 Å². The van der Waals surface area contributed by atoms with E-state index in [0.29, 0.717) is 103 Å². The average molecular weight is 1390 g/mol. The molecule has 11 rings (SSSR count). The molecule has 0 saturated carbocycles. The minimum Gasteiger partial charge on any atom is -0.413 e. The summed E-state index contributed by atoms with van der Waals surface area (Å²) in [6.07, 6.45) is 6.36. The second-order valence-electron chi connectivity index (χ2n) is 26.4. The van der Waals surface area contributed by atoms with E-state index < -0.39 is 60.1 Å². The molecule has 3 aliphatic rings. The van der Waals surface area contributed by atoms with E-state index in [1.54, 1.807) is 19.7 Å². The van der Waals surface area contributed by atoms with Crippen LogP contribution in [-0.4, -0.2) is 248 Å². The van der Waals surface area contributed by atoms with Gasteiger partial charge in [-0.05, 0) is 47.3 Å². The number of nitrogen functional groups attached to an aromatic ring is 3. The Bertz CT molecular complexity index is 3790. The average Bonchev–Trinajstić information content (AvgIpc) is 1.86. The highest BCUT2D eigenvalue weighted by atomic mass is 28.4. The van der Waals surface area contributed by atoms with Crippen molar-refractivity contribution in [2.24, 2.45) is 0 Å². The van der Waals surface area contributed by atoms with Crippen LogP contribution in [0.15, 0.2) is 50.6 Å². The number of nitrogens with two attached hydrogens (primary N) is 3. The fourth-order valence-corrected chi connectivity index (χ4v) is 24.9. The zero-order valence-electron chi connectivity index (χ0n) is 58.0. The molecule has 0 spiro atoms. The molecule has 8 aromatic heterocycles. The molecule has 3 fully saturated rings. The number of likely N-dealkylation sites (N-methyl/N-ethyl adjacent to an activating group) is 2. The Morgan fingerprint density at radius 2 is 0.969 bits per heavy atom. The van der Waals surface area contributed by atoms with Crippen LogP contribution in [0.2, 0.25) is 33.2 Å². The van der Waals surface area contributed by atoms with Crippen molar-refractivity contribution in [2.45, 2.75) is 178 Å². The van der Waals surface area contributed by atoms with Crippen molar-refractivity contribution < 1.29 is 57.8 Å². The van der Waals surface area contributed by atoms with Crippen molar-refractivity contribution in [1.29, 1.82) is 0 Å². The molecule has 97 heavy (non-hydrogen) atoms. The number of nitrogens with zero attached hydrogens (tertiary/aromatic N) is 18. The van der Waals surface area contributed by atoms with Gasteiger partial charge in [0.15, 0.2) is 87.5 Å². The maximum absolute atomic E-state index is 11.7. The highest BCUT2D eigenvalue weighted by Crippen LogP contribution is 2.44. The van der Waals surface area contributed by atoms with Crippen molar-refractivity contribution in [3.8, 4) is 0 Å². The number of ether oxygens (including phenoxy) is 4. The molecule has 10 atom stereocenters. The molecular formula is C61H98N22O12Si2. The Balaban J connectivity index is 0.000000168. The van der Waals surface area contributed by atoms with Crippen molar-refractivity contribution in [2.75, 3.05) is 96.3 Å². The molecule has 36 heteroatoms. The first-order valence-electron chi connectivity index (χ1n) is 32.6. The summed E-state index contributed by atoms with van der Waals surface area (Å²) in [7, 11) is 1.82. The van der Waals surface area contributed by atoms with Gasteiger partial charge in [-0.25, -0.2) is 59.8 Å². The van der Waals surface area contributed by atoms with Gasteiger partial charge in [-0.1, -0.05) is 83.1 Å².